The third-order valence-electron chi connectivity index (χ3n) is 2.74. The van der Waals surface area contributed by atoms with Crippen LogP contribution in [0.4, 0.5) is 0 Å². The zero-order valence-electron chi connectivity index (χ0n) is 9.38. The molecular weight excluding hydrogens is 206 g/mol. The maximum Gasteiger partial charge on any atom is 0.0406 e. The van der Waals surface area contributed by atoms with Crippen molar-refractivity contribution in [2.24, 2.45) is 5.73 Å². The summed E-state index contributed by atoms with van der Waals surface area (Å²) >= 11 is 5.88. The standard InChI is InChI=1S/C13H20ClN/c1-2-4-11(5-3-10-15)12-6-8-13(14)9-7-12/h6-9,11H,2-5,10,15H2,1H3. The average Bonchev–Trinajstić information content (AvgIpc) is 2.25. The SMILES string of the molecule is CCCC(CCCN)c1ccc(Cl)cc1. The van der Waals surface area contributed by atoms with Crippen LogP contribution in [0.1, 0.15) is 44.1 Å². The summed E-state index contributed by atoms with van der Waals surface area (Å²) in [4.78, 5) is 0. The monoisotopic (exact) mass is 225 g/mol. The molecule has 84 valence electrons. The number of benzene rings is 1. The topological polar surface area (TPSA) is 26.0 Å². The first-order valence-electron chi connectivity index (χ1n) is 5.73. The Morgan fingerprint density at radius 1 is 1.20 bits per heavy atom. The quantitative estimate of drug-likeness (QED) is 0.779. The molecule has 1 aromatic rings. The fourth-order valence-corrected chi connectivity index (χ4v) is 2.05. The van der Waals surface area contributed by atoms with E-state index in [0.717, 1.165) is 18.0 Å². The molecule has 0 fully saturated rings. The van der Waals surface area contributed by atoms with Gasteiger partial charge in [-0.25, -0.2) is 0 Å². The van der Waals surface area contributed by atoms with E-state index in [4.69, 9.17) is 17.3 Å². The van der Waals surface area contributed by atoms with E-state index >= 15 is 0 Å². The Morgan fingerprint density at radius 3 is 2.40 bits per heavy atom. The lowest BCUT2D eigenvalue weighted by Crippen LogP contribution is -2.04. The van der Waals surface area contributed by atoms with Crippen LogP contribution in [-0.2, 0) is 0 Å². The van der Waals surface area contributed by atoms with Crippen molar-refractivity contribution in [2.75, 3.05) is 6.54 Å². The second kappa shape index (κ2) is 6.86. The molecule has 0 bridgehead atoms. The van der Waals surface area contributed by atoms with Gasteiger partial charge in [0.2, 0.25) is 0 Å². The summed E-state index contributed by atoms with van der Waals surface area (Å²) in [7, 11) is 0. The lowest BCUT2D eigenvalue weighted by atomic mass is 9.90. The van der Waals surface area contributed by atoms with Crippen molar-refractivity contribution in [1.29, 1.82) is 0 Å². The van der Waals surface area contributed by atoms with Crippen molar-refractivity contribution in [1.82, 2.24) is 0 Å². The van der Waals surface area contributed by atoms with Crippen molar-refractivity contribution in [3.8, 4) is 0 Å². The molecule has 1 aromatic carbocycles. The van der Waals surface area contributed by atoms with Gasteiger partial charge < -0.3 is 5.73 Å². The van der Waals surface area contributed by atoms with E-state index in [0.29, 0.717) is 5.92 Å². The Kier molecular flexibility index (Phi) is 5.74. The second-order valence-corrected chi connectivity index (χ2v) is 4.40. The zero-order valence-corrected chi connectivity index (χ0v) is 10.1. The van der Waals surface area contributed by atoms with Crippen molar-refractivity contribution >= 4 is 11.6 Å². The first kappa shape index (κ1) is 12.5. The summed E-state index contributed by atoms with van der Waals surface area (Å²) in [6.07, 6.45) is 4.75. The van der Waals surface area contributed by atoms with Crippen LogP contribution in [0.5, 0.6) is 0 Å². The Hall–Kier alpha value is -0.530. The largest absolute Gasteiger partial charge is 0.330 e. The van der Waals surface area contributed by atoms with E-state index in [-0.39, 0.29) is 0 Å². The van der Waals surface area contributed by atoms with Crippen LogP contribution in [0.2, 0.25) is 5.02 Å². The fourth-order valence-electron chi connectivity index (χ4n) is 1.93. The molecule has 2 N–H and O–H groups in total. The van der Waals surface area contributed by atoms with Gasteiger partial charge in [0.1, 0.15) is 0 Å². The Labute approximate surface area is 97.6 Å². The molecule has 1 rings (SSSR count). The molecule has 0 amide bonds. The van der Waals surface area contributed by atoms with Crippen LogP contribution in [-0.4, -0.2) is 6.54 Å². The molecule has 15 heavy (non-hydrogen) atoms. The molecule has 0 aliphatic rings. The normalized spacial score (nSPS) is 12.7. The summed E-state index contributed by atoms with van der Waals surface area (Å²) in [5, 5.41) is 0.813. The first-order chi connectivity index (χ1) is 7.27. The molecular formula is C13H20ClN. The molecule has 0 aromatic heterocycles. The van der Waals surface area contributed by atoms with Gasteiger partial charge in [0.15, 0.2) is 0 Å². The Bertz CT molecular complexity index is 268. The Morgan fingerprint density at radius 2 is 1.87 bits per heavy atom. The summed E-state index contributed by atoms with van der Waals surface area (Å²) in [5.74, 6) is 0.649. The molecule has 0 aliphatic carbocycles. The van der Waals surface area contributed by atoms with Gasteiger partial charge in [-0.2, -0.15) is 0 Å². The minimum absolute atomic E-state index is 0.649. The highest BCUT2D eigenvalue weighted by Gasteiger charge is 2.09. The number of halogens is 1. The van der Waals surface area contributed by atoms with E-state index in [1.54, 1.807) is 0 Å². The van der Waals surface area contributed by atoms with E-state index in [9.17, 15) is 0 Å². The van der Waals surface area contributed by atoms with Gasteiger partial charge in [-0.1, -0.05) is 37.1 Å². The first-order valence-corrected chi connectivity index (χ1v) is 6.11. The maximum absolute atomic E-state index is 5.88. The predicted octanol–water partition coefficient (Wildman–Crippen LogP) is 3.96. The van der Waals surface area contributed by atoms with Crippen LogP contribution < -0.4 is 5.73 Å². The van der Waals surface area contributed by atoms with E-state index in [1.165, 1.54) is 24.8 Å². The minimum atomic E-state index is 0.649. The smallest absolute Gasteiger partial charge is 0.0406 e. The van der Waals surface area contributed by atoms with Crippen molar-refractivity contribution in [3.05, 3.63) is 34.9 Å². The summed E-state index contributed by atoms with van der Waals surface area (Å²) in [6.45, 7) is 3.01. The van der Waals surface area contributed by atoms with Crippen LogP contribution in [0.25, 0.3) is 0 Å². The molecule has 0 saturated heterocycles. The summed E-state index contributed by atoms with van der Waals surface area (Å²) < 4.78 is 0. The van der Waals surface area contributed by atoms with E-state index in [2.05, 4.69) is 19.1 Å². The van der Waals surface area contributed by atoms with Gasteiger partial charge in [-0.15, -0.1) is 0 Å². The molecule has 0 spiro atoms. The summed E-state index contributed by atoms with van der Waals surface area (Å²) in [6, 6.07) is 8.22. The van der Waals surface area contributed by atoms with Gasteiger partial charge in [0, 0.05) is 5.02 Å². The number of hydrogen-bond donors (Lipinski definition) is 1. The maximum atomic E-state index is 5.88. The Balaban J connectivity index is 2.65. The van der Waals surface area contributed by atoms with Gasteiger partial charge in [0.05, 0.1) is 0 Å². The highest BCUT2D eigenvalue weighted by atomic mass is 35.5. The highest BCUT2D eigenvalue weighted by molar-refractivity contribution is 6.30. The molecule has 0 saturated carbocycles. The molecule has 1 nitrogen and oxygen atoms in total. The molecule has 1 atom stereocenters. The molecule has 2 heteroatoms. The molecule has 0 aliphatic heterocycles. The van der Waals surface area contributed by atoms with Crippen LogP contribution >= 0.6 is 11.6 Å². The van der Waals surface area contributed by atoms with Gasteiger partial charge >= 0.3 is 0 Å². The zero-order chi connectivity index (χ0) is 11.1. The second-order valence-electron chi connectivity index (χ2n) is 3.97. The van der Waals surface area contributed by atoms with Crippen molar-refractivity contribution in [2.45, 2.75) is 38.5 Å². The van der Waals surface area contributed by atoms with E-state index in [1.807, 2.05) is 12.1 Å². The van der Waals surface area contributed by atoms with E-state index < -0.39 is 0 Å². The van der Waals surface area contributed by atoms with Gasteiger partial charge in [0.25, 0.3) is 0 Å². The lowest BCUT2D eigenvalue weighted by Gasteiger charge is -2.16. The molecule has 0 heterocycles. The highest BCUT2D eigenvalue weighted by Crippen LogP contribution is 2.27. The summed E-state index contributed by atoms with van der Waals surface area (Å²) in [5.41, 5.74) is 6.95. The van der Waals surface area contributed by atoms with Crippen LogP contribution in [0.3, 0.4) is 0 Å². The lowest BCUT2D eigenvalue weighted by molar-refractivity contribution is 0.550. The number of rotatable bonds is 6. The predicted molar refractivity (Wildman–Crippen MR) is 67.4 cm³/mol. The van der Waals surface area contributed by atoms with Crippen molar-refractivity contribution in [3.63, 3.8) is 0 Å². The third-order valence-corrected chi connectivity index (χ3v) is 2.99. The van der Waals surface area contributed by atoms with Crippen LogP contribution in [0.15, 0.2) is 24.3 Å². The van der Waals surface area contributed by atoms with Crippen LogP contribution in [0, 0.1) is 0 Å². The van der Waals surface area contributed by atoms with Gasteiger partial charge in [-0.3, -0.25) is 0 Å². The minimum Gasteiger partial charge on any atom is -0.330 e. The molecule has 0 radical (unpaired) electrons. The average molecular weight is 226 g/mol. The van der Waals surface area contributed by atoms with Crippen molar-refractivity contribution < 1.29 is 0 Å². The number of hydrogen-bond acceptors (Lipinski definition) is 1. The molecule has 1 unspecified atom stereocenters. The van der Waals surface area contributed by atoms with Gasteiger partial charge in [-0.05, 0) is 49.4 Å². The fraction of sp³-hybridized carbons (Fsp3) is 0.538. The third kappa shape index (κ3) is 4.23. The number of nitrogens with two attached hydrogens (primary N) is 1.